The molecule has 2 rings (SSSR count). The van der Waals surface area contributed by atoms with E-state index in [1.54, 1.807) is 13.1 Å². The molecule has 0 unspecified atom stereocenters. The monoisotopic (exact) mass is 451 g/mol. The fourth-order valence-corrected chi connectivity index (χ4v) is 2.61. The molecule has 0 saturated heterocycles. The van der Waals surface area contributed by atoms with Crippen molar-refractivity contribution >= 4 is 30.1 Å². The molecule has 0 bridgehead atoms. The van der Waals surface area contributed by atoms with Crippen LogP contribution in [-0.2, 0) is 22.6 Å². The fourth-order valence-electron chi connectivity index (χ4n) is 2.61. The molecule has 1 amide bonds. The van der Waals surface area contributed by atoms with Crippen LogP contribution in [-0.4, -0.2) is 53.2 Å². The Labute approximate surface area is 187 Å². The SMILES string of the molecule is Cc1ccc(CCNc2ncc(C)n(CC(=O)NCCON(C)C(=N)N)c2=O)cc1.Cl. The number of aromatic nitrogens is 2. The van der Waals surface area contributed by atoms with Crippen LogP contribution in [0.25, 0.3) is 0 Å². The van der Waals surface area contributed by atoms with Crippen LogP contribution in [0, 0.1) is 19.3 Å². The zero-order valence-corrected chi connectivity index (χ0v) is 18.8. The van der Waals surface area contributed by atoms with Crippen molar-refractivity contribution in [2.45, 2.75) is 26.8 Å². The van der Waals surface area contributed by atoms with Crippen molar-refractivity contribution in [3.05, 3.63) is 57.6 Å². The van der Waals surface area contributed by atoms with Gasteiger partial charge >= 0.3 is 0 Å². The molecule has 1 aromatic carbocycles. The lowest BCUT2D eigenvalue weighted by Crippen LogP contribution is -2.38. The molecule has 0 atom stereocenters. The van der Waals surface area contributed by atoms with Crippen LogP contribution in [0.4, 0.5) is 5.82 Å². The number of amides is 1. The zero-order chi connectivity index (χ0) is 22.1. The van der Waals surface area contributed by atoms with Crippen molar-refractivity contribution in [1.29, 1.82) is 5.41 Å². The van der Waals surface area contributed by atoms with E-state index in [4.69, 9.17) is 16.0 Å². The van der Waals surface area contributed by atoms with Gasteiger partial charge in [0, 0.05) is 32.0 Å². The highest BCUT2D eigenvalue weighted by molar-refractivity contribution is 5.85. The van der Waals surface area contributed by atoms with Gasteiger partial charge < -0.3 is 16.4 Å². The number of anilines is 1. The van der Waals surface area contributed by atoms with E-state index in [-0.39, 0.29) is 55.3 Å². The van der Waals surface area contributed by atoms with Crippen LogP contribution < -0.4 is 21.9 Å². The molecule has 11 heteroatoms. The third-order valence-corrected chi connectivity index (χ3v) is 4.43. The fraction of sp³-hybridized carbons (Fsp3) is 0.400. The van der Waals surface area contributed by atoms with Crippen molar-refractivity contribution in [2.75, 3.05) is 32.1 Å². The normalized spacial score (nSPS) is 10.2. The first-order chi connectivity index (χ1) is 14.3. The first-order valence-corrected chi connectivity index (χ1v) is 9.61. The number of hydroxylamine groups is 2. The smallest absolute Gasteiger partial charge is 0.293 e. The van der Waals surface area contributed by atoms with Crippen LogP contribution in [0.3, 0.4) is 0 Å². The van der Waals surface area contributed by atoms with Gasteiger partial charge in [0.05, 0.1) is 6.61 Å². The molecule has 5 N–H and O–H groups in total. The molecule has 2 aromatic rings. The molecule has 0 radical (unpaired) electrons. The molecule has 0 saturated carbocycles. The summed E-state index contributed by atoms with van der Waals surface area (Å²) in [5, 5.41) is 14.0. The number of rotatable bonds is 10. The maximum absolute atomic E-state index is 12.7. The second-order valence-electron chi connectivity index (χ2n) is 6.87. The number of benzene rings is 1. The number of hydrogen-bond acceptors (Lipinski definition) is 6. The summed E-state index contributed by atoms with van der Waals surface area (Å²) in [5.74, 6) is -0.347. The first kappa shape index (κ1) is 25.9. The molecule has 170 valence electrons. The zero-order valence-electron chi connectivity index (χ0n) is 18.0. The Kier molecular flexibility index (Phi) is 10.5. The Morgan fingerprint density at radius 2 is 1.94 bits per heavy atom. The van der Waals surface area contributed by atoms with Crippen LogP contribution >= 0.6 is 12.4 Å². The Balaban J connectivity index is 0.00000480. The average Bonchev–Trinajstić information content (AvgIpc) is 2.71. The van der Waals surface area contributed by atoms with Gasteiger partial charge in [-0.25, -0.2) is 10.0 Å². The van der Waals surface area contributed by atoms with E-state index in [0.29, 0.717) is 12.2 Å². The van der Waals surface area contributed by atoms with Gasteiger partial charge in [-0.3, -0.25) is 24.4 Å². The molecule has 0 aliphatic carbocycles. The van der Waals surface area contributed by atoms with Crippen molar-refractivity contribution in [3.8, 4) is 0 Å². The highest BCUT2D eigenvalue weighted by atomic mass is 35.5. The van der Waals surface area contributed by atoms with E-state index in [1.165, 1.54) is 17.2 Å². The quantitative estimate of drug-likeness (QED) is 0.181. The molecule has 10 nitrogen and oxygen atoms in total. The second-order valence-corrected chi connectivity index (χ2v) is 6.87. The number of nitrogens with zero attached hydrogens (tertiary/aromatic N) is 3. The average molecular weight is 452 g/mol. The van der Waals surface area contributed by atoms with Gasteiger partial charge in [-0.2, -0.15) is 0 Å². The van der Waals surface area contributed by atoms with Crippen molar-refractivity contribution < 1.29 is 9.63 Å². The Bertz CT molecular complexity index is 931. The van der Waals surface area contributed by atoms with Gasteiger partial charge in [0.15, 0.2) is 5.82 Å². The van der Waals surface area contributed by atoms with Crippen molar-refractivity contribution in [1.82, 2.24) is 19.9 Å². The standard InChI is InChI=1S/C20H29N7O3.ClH/c1-14-4-6-16(7-5-14)8-9-24-18-19(29)27(15(2)12-25-18)13-17(28)23-10-11-30-26(3)20(21)22;/h4-7,12H,8-11,13H2,1-3H3,(H3,21,22)(H,23,28)(H,24,25);1H. The van der Waals surface area contributed by atoms with Gasteiger partial charge in [-0.05, 0) is 25.8 Å². The second kappa shape index (κ2) is 12.6. The number of carbonyl (C=O) groups excluding carboxylic acids is 1. The predicted molar refractivity (Wildman–Crippen MR) is 122 cm³/mol. The molecule has 31 heavy (non-hydrogen) atoms. The van der Waals surface area contributed by atoms with Crippen molar-refractivity contribution in [3.63, 3.8) is 0 Å². The highest BCUT2D eigenvalue weighted by Crippen LogP contribution is 2.05. The largest absolute Gasteiger partial charge is 0.368 e. The number of aryl methyl sites for hydroxylation is 2. The summed E-state index contributed by atoms with van der Waals surface area (Å²) in [6, 6.07) is 8.21. The number of nitrogens with two attached hydrogens (primary N) is 1. The van der Waals surface area contributed by atoms with E-state index in [2.05, 4.69) is 27.8 Å². The minimum absolute atomic E-state index is 0. The molecule has 0 aliphatic rings. The van der Waals surface area contributed by atoms with Gasteiger partial charge in [-0.1, -0.05) is 29.8 Å². The van der Waals surface area contributed by atoms with Crippen LogP contribution in [0.2, 0.25) is 0 Å². The van der Waals surface area contributed by atoms with Gasteiger partial charge in [-0.15, -0.1) is 12.4 Å². The number of guanidine groups is 1. The van der Waals surface area contributed by atoms with E-state index in [9.17, 15) is 9.59 Å². The van der Waals surface area contributed by atoms with E-state index in [1.807, 2.05) is 19.1 Å². The third-order valence-electron chi connectivity index (χ3n) is 4.43. The number of halogens is 1. The summed E-state index contributed by atoms with van der Waals surface area (Å²) < 4.78 is 1.37. The molecule has 1 aromatic heterocycles. The molecule has 0 spiro atoms. The lowest BCUT2D eigenvalue weighted by Gasteiger charge is -2.16. The number of nitrogens with one attached hydrogen (secondary N) is 3. The summed E-state index contributed by atoms with van der Waals surface area (Å²) in [6.07, 6.45) is 2.32. The lowest BCUT2D eigenvalue weighted by molar-refractivity contribution is -0.123. The van der Waals surface area contributed by atoms with E-state index in [0.717, 1.165) is 17.0 Å². The summed E-state index contributed by atoms with van der Waals surface area (Å²) in [4.78, 5) is 34.2. The molecular formula is C20H30ClN7O3. The number of carbonyl (C=O) groups is 1. The predicted octanol–water partition coefficient (Wildman–Crippen LogP) is 0.810. The molecule has 1 heterocycles. The molecule has 0 aliphatic heterocycles. The van der Waals surface area contributed by atoms with Gasteiger partial charge in [0.2, 0.25) is 11.9 Å². The van der Waals surface area contributed by atoms with Gasteiger partial charge in [0.1, 0.15) is 6.54 Å². The van der Waals surface area contributed by atoms with Crippen LogP contribution in [0.5, 0.6) is 0 Å². The summed E-state index contributed by atoms with van der Waals surface area (Å²) in [6.45, 7) is 4.57. The summed E-state index contributed by atoms with van der Waals surface area (Å²) in [7, 11) is 1.50. The third kappa shape index (κ3) is 8.27. The lowest BCUT2D eigenvalue weighted by atomic mass is 10.1. The van der Waals surface area contributed by atoms with E-state index < -0.39 is 0 Å². The van der Waals surface area contributed by atoms with Crippen LogP contribution in [0.15, 0.2) is 35.3 Å². The molecular weight excluding hydrogens is 422 g/mol. The highest BCUT2D eigenvalue weighted by Gasteiger charge is 2.11. The first-order valence-electron chi connectivity index (χ1n) is 9.61. The minimum Gasteiger partial charge on any atom is -0.368 e. The van der Waals surface area contributed by atoms with Gasteiger partial charge in [0.25, 0.3) is 5.56 Å². The molecule has 0 fully saturated rings. The summed E-state index contributed by atoms with van der Waals surface area (Å²) >= 11 is 0. The topological polar surface area (TPSA) is 138 Å². The van der Waals surface area contributed by atoms with Crippen LogP contribution in [0.1, 0.15) is 16.8 Å². The Morgan fingerprint density at radius 3 is 2.58 bits per heavy atom. The number of hydrogen-bond donors (Lipinski definition) is 4. The van der Waals surface area contributed by atoms with E-state index >= 15 is 0 Å². The maximum Gasteiger partial charge on any atom is 0.293 e. The summed E-state index contributed by atoms with van der Waals surface area (Å²) in [5.41, 5.74) is 7.86. The Morgan fingerprint density at radius 1 is 1.26 bits per heavy atom. The Hall–Kier alpha value is -3.11. The maximum atomic E-state index is 12.7. The van der Waals surface area contributed by atoms with Crippen molar-refractivity contribution in [2.24, 2.45) is 5.73 Å². The minimum atomic E-state index is -0.346.